The molecule has 1 aliphatic rings. The SMILES string of the molecule is Cc1cc(C)cc(OCC(=O)NC2CCC(C(C)(C)C)CC2)c1. The molecular weight excluding hydrogens is 286 g/mol. The van der Waals surface area contributed by atoms with Crippen LogP contribution in [0.25, 0.3) is 0 Å². The summed E-state index contributed by atoms with van der Waals surface area (Å²) in [7, 11) is 0. The summed E-state index contributed by atoms with van der Waals surface area (Å²) in [5, 5.41) is 3.13. The van der Waals surface area contributed by atoms with Crippen molar-refractivity contribution < 1.29 is 9.53 Å². The molecule has 1 aromatic carbocycles. The first-order valence-electron chi connectivity index (χ1n) is 8.74. The summed E-state index contributed by atoms with van der Waals surface area (Å²) in [5.41, 5.74) is 2.68. The average molecular weight is 317 g/mol. The molecule has 0 radical (unpaired) electrons. The Hall–Kier alpha value is -1.51. The predicted molar refractivity (Wildman–Crippen MR) is 94.8 cm³/mol. The number of ether oxygens (including phenoxy) is 1. The lowest BCUT2D eigenvalue weighted by Gasteiger charge is -2.37. The van der Waals surface area contributed by atoms with Crippen molar-refractivity contribution in [1.29, 1.82) is 0 Å². The van der Waals surface area contributed by atoms with Gasteiger partial charge < -0.3 is 10.1 Å². The van der Waals surface area contributed by atoms with Crippen LogP contribution in [0.5, 0.6) is 5.75 Å². The van der Waals surface area contributed by atoms with Gasteiger partial charge >= 0.3 is 0 Å². The van der Waals surface area contributed by atoms with Crippen LogP contribution in [0.15, 0.2) is 18.2 Å². The van der Waals surface area contributed by atoms with Gasteiger partial charge in [-0.15, -0.1) is 0 Å². The van der Waals surface area contributed by atoms with Crippen LogP contribution in [0, 0.1) is 25.2 Å². The van der Waals surface area contributed by atoms with E-state index >= 15 is 0 Å². The molecule has 1 aromatic rings. The van der Waals surface area contributed by atoms with Gasteiger partial charge in [0.05, 0.1) is 0 Å². The summed E-state index contributed by atoms with van der Waals surface area (Å²) in [6.45, 7) is 11.1. The van der Waals surface area contributed by atoms with E-state index in [1.54, 1.807) is 0 Å². The molecule has 128 valence electrons. The van der Waals surface area contributed by atoms with Gasteiger partial charge in [-0.2, -0.15) is 0 Å². The van der Waals surface area contributed by atoms with Gasteiger partial charge in [-0.1, -0.05) is 26.8 Å². The van der Waals surface area contributed by atoms with Gasteiger partial charge in [0, 0.05) is 6.04 Å². The molecule has 1 saturated carbocycles. The quantitative estimate of drug-likeness (QED) is 0.893. The summed E-state index contributed by atoms with van der Waals surface area (Å²) < 4.78 is 5.63. The zero-order chi connectivity index (χ0) is 17.0. The minimum atomic E-state index is -0.0108. The van der Waals surface area contributed by atoms with E-state index in [9.17, 15) is 4.79 Å². The number of rotatable bonds is 4. The van der Waals surface area contributed by atoms with E-state index in [4.69, 9.17) is 4.74 Å². The van der Waals surface area contributed by atoms with Gasteiger partial charge in [-0.3, -0.25) is 4.79 Å². The first-order valence-corrected chi connectivity index (χ1v) is 8.74. The van der Waals surface area contributed by atoms with Crippen molar-refractivity contribution in [2.24, 2.45) is 11.3 Å². The van der Waals surface area contributed by atoms with E-state index in [1.807, 2.05) is 26.0 Å². The smallest absolute Gasteiger partial charge is 0.258 e. The second-order valence-corrected chi connectivity index (χ2v) is 8.09. The lowest BCUT2D eigenvalue weighted by atomic mass is 9.71. The zero-order valence-electron chi connectivity index (χ0n) is 15.2. The Labute approximate surface area is 140 Å². The van der Waals surface area contributed by atoms with E-state index in [-0.39, 0.29) is 12.5 Å². The Morgan fingerprint density at radius 1 is 1.09 bits per heavy atom. The third-order valence-corrected chi connectivity index (χ3v) is 4.88. The van der Waals surface area contributed by atoms with E-state index in [0.717, 1.165) is 35.6 Å². The molecule has 1 aliphatic carbocycles. The fourth-order valence-electron chi connectivity index (χ4n) is 3.54. The van der Waals surface area contributed by atoms with E-state index in [0.29, 0.717) is 11.5 Å². The zero-order valence-corrected chi connectivity index (χ0v) is 15.2. The molecule has 2 rings (SSSR count). The number of carbonyl (C=O) groups is 1. The topological polar surface area (TPSA) is 38.3 Å². The lowest BCUT2D eigenvalue weighted by Crippen LogP contribution is -2.41. The first kappa shape index (κ1) is 17.8. The Bertz CT molecular complexity index is 517. The highest BCUT2D eigenvalue weighted by molar-refractivity contribution is 5.77. The largest absolute Gasteiger partial charge is 0.484 e. The van der Waals surface area contributed by atoms with Crippen LogP contribution >= 0.6 is 0 Å². The van der Waals surface area contributed by atoms with Gasteiger partial charge in [-0.05, 0) is 74.1 Å². The third kappa shape index (κ3) is 5.56. The molecule has 0 spiro atoms. The summed E-state index contributed by atoms with van der Waals surface area (Å²) in [4.78, 5) is 12.1. The maximum atomic E-state index is 12.1. The molecule has 0 aromatic heterocycles. The maximum absolute atomic E-state index is 12.1. The number of carbonyl (C=O) groups excluding carboxylic acids is 1. The van der Waals surface area contributed by atoms with Gasteiger partial charge in [0.15, 0.2) is 6.61 Å². The van der Waals surface area contributed by atoms with Crippen molar-refractivity contribution in [2.75, 3.05) is 6.61 Å². The van der Waals surface area contributed by atoms with Crippen molar-refractivity contribution in [1.82, 2.24) is 5.32 Å². The summed E-state index contributed by atoms with van der Waals surface area (Å²) in [6.07, 6.45) is 4.56. The Morgan fingerprint density at radius 3 is 2.17 bits per heavy atom. The molecule has 0 saturated heterocycles. The van der Waals surface area contributed by atoms with Crippen LogP contribution in [-0.4, -0.2) is 18.6 Å². The molecule has 1 N–H and O–H groups in total. The monoisotopic (exact) mass is 317 g/mol. The average Bonchev–Trinajstić information content (AvgIpc) is 2.44. The number of amides is 1. The summed E-state index contributed by atoms with van der Waals surface area (Å²) in [5.74, 6) is 1.53. The van der Waals surface area contributed by atoms with Gasteiger partial charge in [0.25, 0.3) is 5.91 Å². The van der Waals surface area contributed by atoms with Crippen molar-refractivity contribution in [2.45, 2.75) is 66.3 Å². The Balaban J connectivity index is 1.75. The van der Waals surface area contributed by atoms with E-state index in [2.05, 4.69) is 32.2 Å². The molecule has 3 heteroatoms. The highest BCUT2D eigenvalue weighted by atomic mass is 16.5. The fourth-order valence-corrected chi connectivity index (χ4v) is 3.54. The van der Waals surface area contributed by atoms with Gasteiger partial charge in [0.2, 0.25) is 0 Å². The minimum Gasteiger partial charge on any atom is -0.484 e. The lowest BCUT2D eigenvalue weighted by molar-refractivity contribution is -0.124. The molecule has 0 atom stereocenters. The number of aryl methyl sites for hydroxylation is 2. The van der Waals surface area contributed by atoms with Crippen LogP contribution in [0.2, 0.25) is 0 Å². The van der Waals surface area contributed by atoms with Crippen LogP contribution in [0.4, 0.5) is 0 Å². The molecule has 1 fully saturated rings. The second kappa shape index (κ2) is 7.37. The van der Waals surface area contributed by atoms with E-state index < -0.39 is 0 Å². The minimum absolute atomic E-state index is 0.0108. The highest BCUT2D eigenvalue weighted by Gasteiger charge is 2.30. The maximum Gasteiger partial charge on any atom is 0.258 e. The van der Waals surface area contributed by atoms with Crippen molar-refractivity contribution in [3.8, 4) is 5.75 Å². The summed E-state index contributed by atoms with van der Waals surface area (Å²) >= 11 is 0. The van der Waals surface area contributed by atoms with E-state index in [1.165, 1.54) is 12.8 Å². The highest BCUT2D eigenvalue weighted by Crippen LogP contribution is 2.37. The van der Waals surface area contributed by atoms with Crippen molar-refractivity contribution >= 4 is 5.91 Å². The van der Waals surface area contributed by atoms with Crippen LogP contribution < -0.4 is 10.1 Å². The van der Waals surface area contributed by atoms with Gasteiger partial charge in [-0.25, -0.2) is 0 Å². The van der Waals surface area contributed by atoms with Gasteiger partial charge in [0.1, 0.15) is 5.75 Å². The number of hydrogen-bond acceptors (Lipinski definition) is 2. The normalized spacial score (nSPS) is 21.8. The molecule has 23 heavy (non-hydrogen) atoms. The molecule has 0 unspecified atom stereocenters. The van der Waals surface area contributed by atoms with Crippen LogP contribution in [-0.2, 0) is 4.79 Å². The van der Waals surface area contributed by atoms with Crippen LogP contribution in [0.1, 0.15) is 57.6 Å². The molecular formula is C20H31NO2. The van der Waals surface area contributed by atoms with Crippen molar-refractivity contribution in [3.05, 3.63) is 29.3 Å². The Morgan fingerprint density at radius 2 is 1.65 bits per heavy atom. The fraction of sp³-hybridized carbons (Fsp3) is 0.650. The third-order valence-electron chi connectivity index (χ3n) is 4.88. The predicted octanol–water partition coefficient (Wildman–Crippen LogP) is 4.40. The van der Waals surface area contributed by atoms with Crippen molar-refractivity contribution in [3.63, 3.8) is 0 Å². The molecule has 3 nitrogen and oxygen atoms in total. The Kier molecular flexibility index (Phi) is 5.72. The second-order valence-electron chi connectivity index (χ2n) is 8.09. The molecule has 0 aliphatic heterocycles. The summed E-state index contributed by atoms with van der Waals surface area (Å²) in [6, 6.07) is 6.34. The molecule has 0 heterocycles. The van der Waals surface area contributed by atoms with Crippen LogP contribution in [0.3, 0.4) is 0 Å². The molecule has 1 amide bonds. The number of hydrogen-bond donors (Lipinski definition) is 1. The molecule has 0 bridgehead atoms. The standard InChI is InChI=1S/C20H31NO2/c1-14-10-15(2)12-18(11-14)23-13-19(22)21-17-8-6-16(7-9-17)20(3,4)5/h10-12,16-17H,6-9,13H2,1-5H3,(H,21,22). The number of benzene rings is 1. The first-order chi connectivity index (χ1) is 10.7. The number of nitrogens with one attached hydrogen (secondary N) is 1.